The Morgan fingerprint density at radius 1 is 1.24 bits per heavy atom. The van der Waals surface area contributed by atoms with Crippen LogP contribution in [0.3, 0.4) is 0 Å². The summed E-state index contributed by atoms with van der Waals surface area (Å²) < 4.78 is 5.00. The van der Waals surface area contributed by atoms with Crippen molar-refractivity contribution in [2.75, 3.05) is 11.9 Å². The minimum absolute atomic E-state index is 0.331. The SMILES string of the molecule is Cc1ccc(Cl)cc1NC(=O)COC(=O)c1sccc1C. The molecule has 0 aliphatic rings. The van der Waals surface area contributed by atoms with Crippen LogP contribution in [0.15, 0.2) is 29.6 Å². The minimum atomic E-state index is -0.486. The molecular formula is C15H14ClNO3S. The van der Waals surface area contributed by atoms with Crippen LogP contribution in [0.2, 0.25) is 5.02 Å². The number of halogens is 1. The molecule has 6 heteroatoms. The molecule has 0 atom stereocenters. The van der Waals surface area contributed by atoms with E-state index in [0.717, 1.165) is 11.1 Å². The summed E-state index contributed by atoms with van der Waals surface area (Å²) in [5.41, 5.74) is 2.33. The van der Waals surface area contributed by atoms with E-state index in [1.807, 2.05) is 19.9 Å². The quantitative estimate of drug-likeness (QED) is 0.870. The zero-order valence-corrected chi connectivity index (χ0v) is 13.2. The average molecular weight is 324 g/mol. The molecule has 2 aromatic rings. The maximum atomic E-state index is 11.8. The summed E-state index contributed by atoms with van der Waals surface area (Å²) in [6, 6.07) is 7.03. The third kappa shape index (κ3) is 4.06. The van der Waals surface area contributed by atoms with Gasteiger partial charge in [0.05, 0.1) is 0 Å². The Morgan fingerprint density at radius 3 is 2.67 bits per heavy atom. The van der Waals surface area contributed by atoms with Crippen molar-refractivity contribution in [3.63, 3.8) is 0 Å². The van der Waals surface area contributed by atoms with Gasteiger partial charge in [-0.25, -0.2) is 4.79 Å². The molecule has 0 saturated heterocycles. The van der Waals surface area contributed by atoms with Gasteiger partial charge < -0.3 is 10.1 Å². The zero-order valence-electron chi connectivity index (χ0n) is 11.6. The fourth-order valence-corrected chi connectivity index (χ4v) is 2.68. The highest BCUT2D eigenvalue weighted by atomic mass is 35.5. The van der Waals surface area contributed by atoms with E-state index in [1.54, 1.807) is 23.6 Å². The molecule has 110 valence electrons. The number of benzene rings is 1. The number of carbonyl (C=O) groups is 2. The molecule has 1 aromatic heterocycles. The standard InChI is InChI=1S/C15H14ClNO3S/c1-9-3-4-11(16)7-12(9)17-13(18)8-20-15(19)14-10(2)5-6-21-14/h3-7H,8H2,1-2H3,(H,17,18). The van der Waals surface area contributed by atoms with Crippen molar-refractivity contribution >= 4 is 40.5 Å². The molecule has 0 aliphatic heterocycles. The first-order valence-electron chi connectivity index (χ1n) is 6.24. The van der Waals surface area contributed by atoms with E-state index in [-0.39, 0.29) is 6.61 Å². The molecule has 1 N–H and O–H groups in total. The monoisotopic (exact) mass is 323 g/mol. The Balaban J connectivity index is 1.92. The number of anilines is 1. The number of hydrogen-bond donors (Lipinski definition) is 1. The van der Waals surface area contributed by atoms with Crippen LogP contribution in [-0.2, 0) is 9.53 Å². The molecule has 0 spiro atoms. The molecule has 4 nitrogen and oxygen atoms in total. The van der Waals surface area contributed by atoms with Gasteiger partial charge in [-0.2, -0.15) is 0 Å². The van der Waals surface area contributed by atoms with Crippen LogP contribution in [0.1, 0.15) is 20.8 Å². The van der Waals surface area contributed by atoms with Crippen LogP contribution in [-0.4, -0.2) is 18.5 Å². The largest absolute Gasteiger partial charge is 0.451 e. The Bertz CT molecular complexity index is 681. The normalized spacial score (nSPS) is 10.2. The molecule has 0 bridgehead atoms. The topological polar surface area (TPSA) is 55.4 Å². The Hall–Kier alpha value is -1.85. The van der Waals surface area contributed by atoms with Crippen LogP contribution in [0.4, 0.5) is 5.69 Å². The number of hydrogen-bond acceptors (Lipinski definition) is 4. The first kappa shape index (κ1) is 15.5. The summed E-state index contributed by atoms with van der Waals surface area (Å²) in [6.07, 6.45) is 0. The third-order valence-corrected chi connectivity index (χ3v) is 4.09. The van der Waals surface area contributed by atoms with Crippen molar-refractivity contribution in [1.29, 1.82) is 0 Å². The molecule has 0 saturated carbocycles. The number of carbonyl (C=O) groups excluding carboxylic acids is 2. The van der Waals surface area contributed by atoms with Crippen LogP contribution < -0.4 is 5.32 Å². The van der Waals surface area contributed by atoms with E-state index in [1.165, 1.54) is 11.3 Å². The smallest absolute Gasteiger partial charge is 0.349 e. The maximum absolute atomic E-state index is 11.8. The second-order valence-electron chi connectivity index (χ2n) is 4.52. The van der Waals surface area contributed by atoms with E-state index < -0.39 is 11.9 Å². The molecule has 1 aromatic carbocycles. The van der Waals surface area contributed by atoms with Crippen LogP contribution in [0.25, 0.3) is 0 Å². The fourth-order valence-electron chi connectivity index (χ4n) is 1.69. The Kier molecular flexibility index (Phi) is 4.98. The van der Waals surface area contributed by atoms with Gasteiger partial charge in [0.1, 0.15) is 4.88 Å². The summed E-state index contributed by atoms with van der Waals surface area (Å²) in [4.78, 5) is 24.1. The van der Waals surface area contributed by atoms with Gasteiger partial charge in [0.25, 0.3) is 5.91 Å². The Labute approximate surface area is 131 Å². The highest BCUT2D eigenvalue weighted by molar-refractivity contribution is 7.12. The van der Waals surface area contributed by atoms with E-state index >= 15 is 0 Å². The number of rotatable bonds is 4. The maximum Gasteiger partial charge on any atom is 0.349 e. The highest BCUT2D eigenvalue weighted by Crippen LogP contribution is 2.20. The lowest BCUT2D eigenvalue weighted by Gasteiger charge is -2.09. The predicted octanol–water partition coefficient (Wildman–Crippen LogP) is 3.81. The van der Waals surface area contributed by atoms with Gasteiger partial charge in [0.2, 0.25) is 0 Å². The molecule has 0 radical (unpaired) electrons. The number of esters is 1. The number of nitrogens with one attached hydrogen (secondary N) is 1. The van der Waals surface area contributed by atoms with E-state index in [2.05, 4.69) is 5.32 Å². The van der Waals surface area contributed by atoms with Crippen LogP contribution >= 0.6 is 22.9 Å². The number of amides is 1. The van der Waals surface area contributed by atoms with Gasteiger partial charge >= 0.3 is 5.97 Å². The second-order valence-corrected chi connectivity index (χ2v) is 5.87. The molecule has 2 rings (SSSR count). The average Bonchev–Trinajstić information content (AvgIpc) is 2.86. The molecule has 1 amide bonds. The molecule has 1 heterocycles. The van der Waals surface area contributed by atoms with Crippen LogP contribution in [0.5, 0.6) is 0 Å². The molecule has 21 heavy (non-hydrogen) atoms. The molecule has 0 aliphatic carbocycles. The van der Waals surface area contributed by atoms with Gasteiger partial charge in [-0.1, -0.05) is 17.7 Å². The number of aryl methyl sites for hydroxylation is 2. The fraction of sp³-hybridized carbons (Fsp3) is 0.200. The predicted molar refractivity (Wildman–Crippen MR) is 84.2 cm³/mol. The van der Waals surface area contributed by atoms with Crippen molar-refractivity contribution in [2.45, 2.75) is 13.8 Å². The van der Waals surface area contributed by atoms with Crippen molar-refractivity contribution in [2.24, 2.45) is 0 Å². The van der Waals surface area contributed by atoms with E-state index in [0.29, 0.717) is 15.6 Å². The lowest BCUT2D eigenvalue weighted by atomic mass is 10.2. The van der Waals surface area contributed by atoms with Crippen LogP contribution in [0, 0.1) is 13.8 Å². The van der Waals surface area contributed by atoms with E-state index in [9.17, 15) is 9.59 Å². The van der Waals surface area contributed by atoms with Gasteiger partial charge in [0, 0.05) is 10.7 Å². The Morgan fingerprint density at radius 2 is 2.00 bits per heavy atom. The molecular weight excluding hydrogens is 310 g/mol. The van der Waals surface area contributed by atoms with Crippen molar-refractivity contribution in [3.05, 3.63) is 50.7 Å². The van der Waals surface area contributed by atoms with Crippen molar-refractivity contribution < 1.29 is 14.3 Å². The van der Waals surface area contributed by atoms with Gasteiger partial charge in [-0.05, 0) is 48.6 Å². The minimum Gasteiger partial charge on any atom is -0.451 e. The number of thiophene rings is 1. The molecule has 0 fully saturated rings. The summed E-state index contributed by atoms with van der Waals surface area (Å²) >= 11 is 7.17. The van der Waals surface area contributed by atoms with Gasteiger partial charge in [-0.3, -0.25) is 4.79 Å². The van der Waals surface area contributed by atoms with Crippen molar-refractivity contribution in [3.8, 4) is 0 Å². The lowest BCUT2D eigenvalue weighted by molar-refractivity contribution is -0.119. The lowest BCUT2D eigenvalue weighted by Crippen LogP contribution is -2.21. The van der Waals surface area contributed by atoms with Gasteiger partial charge in [-0.15, -0.1) is 11.3 Å². The highest BCUT2D eigenvalue weighted by Gasteiger charge is 2.14. The summed E-state index contributed by atoms with van der Waals surface area (Å²) in [6.45, 7) is 3.34. The van der Waals surface area contributed by atoms with Gasteiger partial charge in [0.15, 0.2) is 6.61 Å². The third-order valence-electron chi connectivity index (χ3n) is 2.86. The molecule has 0 unspecified atom stereocenters. The summed E-state index contributed by atoms with van der Waals surface area (Å²) in [5.74, 6) is -0.886. The first-order chi connectivity index (χ1) is 9.97. The summed E-state index contributed by atoms with van der Waals surface area (Å²) in [7, 11) is 0. The van der Waals surface area contributed by atoms with E-state index in [4.69, 9.17) is 16.3 Å². The first-order valence-corrected chi connectivity index (χ1v) is 7.50. The zero-order chi connectivity index (χ0) is 15.4. The summed E-state index contributed by atoms with van der Waals surface area (Å²) in [5, 5.41) is 5.01. The van der Waals surface area contributed by atoms with Crippen molar-refractivity contribution in [1.82, 2.24) is 0 Å². The number of ether oxygens (including phenoxy) is 1. The second kappa shape index (κ2) is 6.74.